The molecule has 88 heavy (non-hydrogen) atoms. The number of amides is 2. The average Bonchev–Trinajstić information content (AvgIpc) is 3.87. The Kier molecular flexibility index (Phi) is 45.0. The maximum atomic E-state index is 12.3. The Morgan fingerprint density at radius 3 is 1.19 bits per heavy atom. The Morgan fingerprint density at radius 2 is 0.898 bits per heavy atom. The number of allylic oxidation sites excluding steroid dienone is 1. The highest BCUT2D eigenvalue weighted by atomic mass is 19.3. The van der Waals surface area contributed by atoms with Gasteiger partial charge in [-0.25, -0.2) is 13.2 Å². The number of primary amides is 2. The molecule has 10 aliphatic rings. The highest BCUT2D eigenvalue weighted by Crippen LogP contribution is 2.32. The average molecular weight is 1260 g/mol. The molecular formula is C65H132F3N13O7. The maximum absolute atomic E-state index is 12.3. The van der Waals surface area contributed by atoms with Crippen LogP contribution in [0.1, 0.15) is 245 Å². The number of nitrogens with two attached hydrogens (primary N) is 13. The number of hydrogen-bond acceptors (Lipinski definition) is 18. The maximum Gasteiger partial charge on any atom is 0.248 e. The van der Waals surface area contributed by atoms with Crippen LogP contribution in [0.25, 0.3) is 0 Å². The number of carbonyl (C=O) groups is 3. The van der Waals surface area contributed by atoms with E-state index >= 15 is 0 Å². The summed E-state index contributed by atoms with van der Waals surface area (Å²) in [5.74, 6) is -0.393. The van der Waals surface area contributed by atoms with Gasteiger partial charge in [-0.05, 0) is 224 Å². The summed E-state index contributed by atoms with van der Waals surface area (Å²) in [6.45, 7) is 4.24. The molecule has 10 aliphatic carbocycles. The molecule has 0 aromatic rings. The van der Waals surface area contributed by atoms with Crippen LogP contribution in [0, 0.1) is 35.5 Å². The summed E-state index contributed by atoms with van der Waals surface area (Å²) in [6, 6.07) is 3.11. The minimum atomic E-state index is -2.42. The van der Waals surface area contributed by atoms with Gasteiger partial charge in [-0.3, -0.25) is 14.4 Å². The van der Waals surface area contributed by atoms with Crippen LogP contribution in [0.15, 0.2) is 11.9 Å². The van der Waals surface area contributed by atoms with Crippen molar-refractivity contribution in [1.82, 2.24) is 0 Å². The van der Waals surface area contributed by atoms with E-state index in [1.807, 2.05) is 6.92 Å². The van der Waals surface area contributed by atoms with Crippen LogP contribution in [-0.2, 0) is 14.4 Å². The highest BCUT2D eigenvalue weighted by molar-refractivity contribution is 5.78. The van der Waals surface area contributed by atoms with Crippen LogP contribution in [0.5, 0.6) is 0 Å². The quantitative estimate of drug-likeness (QED) is 0.164. The lowest BCUT2D eigenvalue weighted by Gasteiger charge is -2.29. The lowest BCUT2D eigenvalue weighted by Crippen LogP contribution is -2.43. The molecule has 9 saturated carbocycles. The van der Waals surface area contributed by atoms with Crippen LogP contribution in [0.3, 0.4) is 0 Å². The number of aliphatic hydroxyl groups excluding tert-OH is 4. The van der Waals surface area contributed by atoms with Crippen molar-refractivity contribution < 1.29 is 48.0 Å². The van der Waals surface area contributed by atoms with E-state index in [9.17, 15) is 32.7 Å². The minimum Gasteiger partial charge on any atom is -0.396 e. The second-order valence-electron chi connectivity index (χ2n) is 27.6. The molecule has 0 aromatic heterocycles. The third-order valence-electron chi connectivity index (χ3n) is 19.3. The van der Waals surface area contributed by atoms with Crippen LogP contribution < -0.4 is 74.5 Å². The molecular weight excluding hydrogens is 1130 g/mol. The van der Waals surface area contributed by atoms with Gasteiger partial charge in [-0.15, -0.1) is 0 Å². The van der Waals surface area contributed by atoms with Crippen LogP contribution >= 0.6 is 0 Å². The van der Waals surface area contributed by atoms with E-state index in [4.69, 9.17) is 89.9 Å². The number of ketones is 1. The molecule has 520 valence electrons. The topological polar surface area (TPSA) is 470 Å². The predicted molar refractivity (Wildman–Crippen MR) is 350 cm³/mol. The molecule has 0 aliphatic heterocycles. The molecule has 0 bridgehead atoms. The minimum absolute atomic E-state index is 0.00620. The first-order chi connectivity index (χ1) is 41.4. The van der Waals surface area contributed by atoms with E-state index in [1.54, 1.807) is 13.0 Å². The number of hydrogen-bond donors (Lipinski definition) is 17. The highest BCUT2D eigenvalue weighted by Gasteiger charge is 2.34. The van der Waals surface area contributed by atoms with Gasteiger partial charge in [0, 0.05) is 117 Å². The van der Waals surface area contributed by atoms with Gasteiger partial charge in [0.2, 0.25) is 17.7 Å². The smallest absolute Gasteiger partial charge is 0.248 e. The fourth-order valence-electron chi connectivity index (χ4n) is 12.4. The lowest BCUT2D eigenvalue weighted by molar-refractivity contribution is -0.124. The summed E-state index contributed by atoms with van der Waals surface area (Å²) in [7, 11) is 0. The van der Waals surface area contributed by atoms with Crippen molar-refractivity contribution in [2.45, 2.75) is 330 Å². The van der Waals surface area contributed by atoms with Crippen molar-refractivity contribution in [2.24, 2.45) is 110 Å². The Labute approximate surface area is 528 Å². The summed E-state index contributed by atoms with van der Waals surface area (Å²) in [5, 5.41) is 35.5. The van der Waals surface area contributed by atoms with Crippen molar-refractivity contribution >= 4 is 17.6 Å². The SMILES string of the molecule is CC(=O)C1CCC(N)CC1.CC(O)C1CCC(N)CC1.NC(=O)C1CC(N)C1.NC(=O)C1CCC(N)CC1.NC1CC=C(F)CC1.NC1CCC(CO)CC1.NC1CCC(F)(F)CC1.NC1CCC(O)C1.NC1CCCC(CO)C1.NC1CCCCC1N. The van der Waals surface area contributed by atoms with Crippen LogP contribution in [0.4, 0.5) is 13.2 Å². The molecule has 8 atom stereocenters. The van der Waals surface area contributed by atoms with Gasteiger partial charge in [-0.1, -0.05) is 25.3 Å². The first-order valence-electron chi connectivity index (χ1n) is 34.1. The summed E-state index contributed by atoms with van der Waals surface area (Å²) in [6.07, 6.45) is 34.6. The van der Waals surface area contributed by atoms with Crippen molar-refractivity contribution in [3.63, 3.8) is 0 Å². The lowest BCUT2D eigenvalue weighted by atomic mass is 9.80. The van der Waals surface area contributed by atoms with Gasteiger partial charge in [0.1, 0.15) is 5.78 Å². The number of rotatable bonds is 6. The van der Waals surface area contributed by atoms with Crippen LogP contribution in [0.2, 0.25) is 0 Å². The molecule has 0 radical (unpaired) electrons. The van der Waals surface area contributed by atoms with Crippen molar-refractivity contribution in [3.05, 3.63) is 11.9 Å². The number of aliphatic hydroxyl groups is 4. The van der Waals surface area contributed by atoms with Gasteiger partial charge in [-0.2, -0.15) is 0 Å². The number of alkyl halides is 2. The van der Waals surface area contributed by atoms with Crippen molar-refractivity contribution in [2.75, 3.05) is 13.2 Å². The molecule has 0 aromatic carbocycles. The van der Waals surface area contributed by atoms with E-state index in [1.165, 1.54) is 25.7 Å². The summed E-state index contributed by atoms with van der Waals surface area (Å²) < 4.78 is 36.8. The van der Waals surface area contributed by atoms with Gasteiger partial charge < -0.3 is 95.0 Å². The fourth-order valence-corrected chi connectivity index (χ4v) is 12.4. The monoisotopic (exact) mass is 1260 g/mol. The molecule has 2 amide bonds. The van der Waals surface area contributed by atoms with Crippen LogP contribution in [-0.4, -0.2) is 136 Å². The summed E-state index contributed by atoms with van der Waals surface area (Å²) in [4.78, 5) is 31.8. The molecule has 20 nitrogen and oxygen atoms in total. The molecule has 8 unspecified atom stereocenters. The second kappa shape index (κ2) is 47.4. The van der Waals surface area contributed by atoms with E-state index in [2.05, 4.69) is 0 Å². The largest absolute Gasteiger partial charge is 0.396 e. The normalized spacial score (nSPS) is 35.3. The van der Waals surface area contributed by atoms with Gasteiger partial charge in [0.05, 0.1) is 18.0 Å². The van der Waals surface area contributed by atoms with E-state index in [-0.39, 0.29) is 90.8 Å². The van der Waals surface area contributed by atoms with Gasteiger partial charge >= 0.3 is 0 Å². The first kappa shape index (κ1) is 83.6. The number of Topliss-reactive ketones (excluding diaryl/α,β-unsaturated/α-hetero) is 1. The molecule has 0 spiro atoms. The standard InChI is InChI=1S/C8H17NO.C8H15NO.C7H14N2O.2C7H15NO.C6H11F2N.C6H10FN.C6H14N2.C5H10N2O.C5H11NO/c2*1-6(10)7-2-4-8(9)5-3-7;8-6-3-1-5(2-4-6)7(9)10;8-7-3-1-6(5-9)2-4-7;8-7-3-1-2-6(4-7)5-9;7-6(8)3-1-5(9)2-4-6;7-5-1-3-6(8)4-2-5;7-5-3-1-2-4-6(5)8;6-4-1-3(2-4)5(7)8;6-4-1-2-5(7)3-4/h6-8,10H,2-5,9H2,1H3;7-8H,2-5,9H2,1H3;5-6H,1-4,8H2,(H2,9,10);2*6-7,9H,1-5,8H2;5H,1-4,9H2;1,6H,2-4,8H2;5-6H,1-4,7-8H2;3-4H,1-2,6H2,(H2,7,8);4-5,7H,1-3,6H2. The Morgan fingerprint density at radius 1 is 0.477 bits per heavy atom. The zero-order chi connectivity index (χ0) is 66.4. The predicted octanol–water partition coefficient (Wildman–Crippen LogP) is 5.12. The number of carbonyl (C=O) groups excluding carboxylic acids is 3. The van der Waals surface area contributed by atoms with E-state index in [0.717, 1.165) is 167 Å². The Hall–Kier alpha value is -2.46. The molecule has 10 rings (SSSR count). The zero-order valence-electron chi connectivity index (χ0n) is 54.6. The molecule has 9 fully saturated rings. The van der Waals surface area contributed by atoms with E-state index < -0.39 is 5.92 Å². The molecule has 23 heteroatoms. The van der Waals surface area contributed by atoms with Gasteiger partial charge in [0.25, 0.3) is 0 Å². The third-order valence-corrected chi connectivity index (χ3v) is 19.3. The summed E-state index contributed by atoms with van der Waals surface area (Å²) >= 11 is 0. The molecule has 0 heterocycles. The fraction of sp³-hybridized carbons (Fsp3) is 0.923. The van der Waals surface area contributed by atoms with Gasteiger partial charge in [0.15, 0.2) is 0 Å². The Balaban J connectivity index is 0.000000490. The summed E-state index contributed by atoms with van der Waals surface area (Å²) in [5.41, 5.74) is 71.6. The van der Waals surface area contributed by atoms with E-state index in [0.29, 0.717) is 98.6 Å². The number of halogens is 3. The van der Waals surface area contributed by atoms with Crippen molar-refractivity contribution in [3.8, 4) is 0 Å². The molecule has 0 saturated heterocycles. The second-order valence-corrected chi connectivity index (χ2v) is 27.6. The zero-order valence-corrected chi connectivity index (χ0v) is 54.6. The first-order valence-corrected chi connectivity index (χ1v) is 34.1. The van der Waals surface area contributed by atoms with Crippen molar-refractivity contribution in [1.29, 1.82) is 0 Å². The third kappa shape index (κ3) is 41.2. The Bertz CT molecular complexity index is 1760. The molecule has 30 N–H and O–H groups in total.